The van der Waals surface area contributed by atoms with E-state index in [2.05, 4.69) is 16.0 Å². The maximum atomic E-state index is 12.4. The Kier molecular flexibility index (Phi) is 6.84. The molecule has 0 radical (unpaired) electrons. The van der Waals surface area contributed by atoms with Gasteiger partial charge in [0, 0.05) is 42.1 Å². The Labute approximate surface area is 170 Å². The normalized spacial score (nSPS) is 13.1. The summed E-state index contributed by atoms with van der Waals surface area (Å²) in [6.07, 6.45) is 2.52. The minimum atomic E-state index is -0.207. The lowest BCUT2D eigenvalue weighted by atomic mass is 10.2. The first kappa shape index (κ1) is 20.4. The van der Waals surface area contributed by atoms with Crippen LogP contribution in [0.4, 0.5) is 17.1 Å². The number of carbonyl (C=O) groups is 3. The number of nitrogens with zero attached hydrogens (tertiary/aromatic N) is 1. The molecule has 0 aromatic heterocycles. The van der Waals surface area contributed by atoms with Crippen molar-refractivity contribution in [3.05, 3.63) is 54.1 Å². The van der Waals surface area contributed by atoms with Gasteiger partial charge in [-0.15, -0.1) is 0 Å². The fourth-order valence-corrected chi connectivity index (χ4v) is 3.15. The third-order valence-electron chi connectivity index (χ3n) is 4.73. The van der Waals surface area contributed by atoms with Crippen LogP contribution in [0, 0.1) is 0 Å². The number of amides is 3. The average molecular weight is 394 g/mol. The molecule has 1 fully saturated rings. The molecule has 0 aliphatic carbocycles. The first-order valence-corrected chi connectivity index (χ1v) is 9.88. The number of hydrogen-bond acceptors (Lipinski definition) is 4. The van der Waals surface area contributed by atoms with E-state index in [1.807, 2.05) is 4.90 Å². The second kappa shape index (κ2) is 9.73. The van der Waals surface area contributed by atoms with E-state index in [0.29, 0.717) is 23.4 Å². The summed E-state index contributed by atoms with van der Waals surface area (Å²) in [5.74, 6) is -0.232. The summed E-state index contributed by atoms with van der Waals surface area (Å²) in [6.45, 7) is 3.51. The van der Waals surface area contributed by atoms with Crippen LogP contribution in [0.3, 0.4) is 0 Å². The minimum absolute atomic E-state index is 0.0573. The van der Waals surface area contributed by atoms with Crippen molar-refractivity contribution in [3.8, 4) is 0 Å². The van der Waals surface area contributed by atoms with E-state index in [-0.39, 0.29) is 24.3 Å². The van der Waals surface area contributed by atoms with Crippen molar-refractivity contribution in [2.24, 2.45) is 0 Å². The molecule has 3 N–H and O–H groups in total. The third-order valence-corrected chi connectivity index (χ3v) is 4.73. The maximum Gasteiger partial charge on any atom is 0.253 e. The van der Waals surface area contributed by atoms with Crippen molar-refractivity contribution in [1.29, 1.82) is 0 Å². The van der Waals surface area contributed by atoms with Gasteiger partial charge in [0.1, 0.15) is 0 Å². The Balaban J connectivity index is 1.49. The smallest absolute Gasteiger partial charge is 0.253 e. The van der Waals surface area contributed by atoms with Crippen LogP contribution in [0.25, 0.3) is 0 Å². The van der Waals surface area contributed by atoms with Gasteiger partial charge >= 0.3 is 0 Å². The van der Waals surface area contributed by atoms with Crippen molar-refractivity contribution in [2.45, 2.75) is 26.2 Å². The van der Waals surface area contributed by atoms with Gasteiger partial charge < -0.3 is 20.9 Å². The fraction of sp³-hybridized carbons (Fsp3) is 0.318. The van der Waals surface area contributed by atoms with Gasteiger partial charge in [0.05, 0.1) is 6.54 Å². The zero-order valence-corrected chi connectivity index (χ0v) is 16.5. The molecule has 3 amide bonds. The number of rotatable bonds is 7. The third kappa shape index (κ3) is 5.81. The molecule has 1 aliphatic rings. The molecule has 1 heterocycles. The van der Waals surface area contributed by atoms with E-state index in [0.717, 1.165) is 31.6 Å². The minimum Gasteiger partial charge on any atom is -0.376 e. The Morgan fingerprint density at radius 1 is 0.862 bits per heavy atom. The second-order valence-corrected chi connectivity index (χ2v) is 6.96. The molecule has 2 aromatic carbocycles. The van der Waals surface area contributed by atoms with E-state index in [1.165, 1.54) is 0 Å². The number of likely N-dealkylation sites (tertiary alicyclic amines) is 1. The van der Waals surface area contributed by atoms with Crippen LogP contribution in [0.5, 0.6) is 0 Å². The van der Waals surface area contributed by atoms with Crippen LogP contribution in [0.1, 0.15) is 36.5 Å². The Morgan fingerprint density at radius 2 is 1.48 bits per heavy atom. The summed E-state index contributed by atoms with van der Waals surface area (Å²) in [5, 5.41) is 8.61. The maximum absolute atomic E-state index is 12.4. The van der Waals surface area contributed by atoms with Crippen LogP contribution in [0.2, 0.25) is 0 Å². The Hall–Kier alpha value is -3.35. The fourth-order valence-electron chi connectivity index (χ4n) is 3.15. The summed E-state index contributed by atoms with van der Waals surface area (Å²) in [5.41, 5.74) is 2.67. The van der Waals surface area contributed by atoms with Gasteiger partial charge in [-0.2, -0.15) is 0 Å². The van der Waals surface area contributed by atoms with Crippen molar-refractivity contribution in [3.63, 3.8) is 0 Å². The van der Waals surface area contributed by atoms with Crippen LogP contribution in [-0.4, -0.2) is 42.3 Å². The van der Waals surface area contributed by atoms with Crippen molar-refractivity contribution in [1.82, 2.24) is 4.90 Å². The quantitative estimate of drug-likeness (QED) is 0.672. The largest absolute Gasteiger partial charge is 0.376 e. The highest BCUT2D eigenvalue weighted by molar-refractivity contribution is 5.96. The summed E-state index contributed by atoms with van der Waals surface area (Å²) < 4.78 is 0. The van der Waals surface area contributed by atoms with Gasteiger partial charge in [-0.25, -0.2) is 0 Å². The predicted octanol–water partition coefficient (Wildman–Crippen LogP) is 3.32. The van der Waals surface area contributed by atoms with Crippen molar-refractivity contribution in [2.75, 3.05) is 35.6 Å². The Bertz CT molecular complexity index is 874. The van der Waals surface area contributed by atoms with Crippen LogP contribution in [0.15, 0.2) is 48.5 Å². The zero-order chi connectivity index (χ0) is 20.6. The van der Waals surface area contributed by atoms with Crippen molar-refractivity contribution < 1.29 is 14.4 Å². The molecule has 0 bridgehead atoms. The van der Waals surface area contributed by atoms with Crippen LogP contribution < -0.4 is 16.0 Å². The monoisotopic (exact) mass is 394 g/mol. The molecule has 29 heavy (non-hydrogen) atoms. The second-order valence-electron chi connectivity index (χ2n) is 6.96. The summed E-state index contributed by atoms with van der Waals surface area (Å²) >= 11 is 0. The van der Waals surface area contributed by atoms with Crippen LogP contribution in [-0.2, 0) is 9.59 Å². The summed E-state index contributed by atoms with van der Waals surface area (Å²) in [6, 6.07) is 14.2. The van der Waals surface area contributed by atoms with Gasteiger partial charge in [-0.05, 0) is 55.3 Å². The number of benzene rings is 2. The topological polar surface area (TPSA) is 90.5 Å². The molecule has 2 aromatic rings. The molecule has 3 rings (SSSR count). The van der Waals surface area contributed by atoms with Crippen LogP contribution >= 0.6 is 0 Å². The first-order valence-electron chi connectivity index (χ1n) is 9.88. The number of carbonyl (C=O) groups excluding carboxylic acids is 3. The summed E-state index contributed by atoms with van der Waals surface area (Å²) in [7, 11) is 0. The highest BCUT2D eigenvalue weighted by atomic mass is 16.2. The molecular formula is C22H26N4O3. The predicted molar refractivity (Wildman–Crippen MR) is 114 cm³/mol. The lowest BCUT2D eigenvalue weighted by Gasteiger charge is -2.15. The lowest BCUT2D eigenvalue weighted by molar-refractivity contribution is -0.116. The molecule has 0 spiro atoms. The van der Waals surface area contributed by atoms with Crippen molar-refractivity contribution >= 4 is 34.8 Å². The highest BCUT2D eigenvalue weighted by Gasteiger charge is 2.19. The molecule has 0 atom stereocenters. The zero-order valence-electron chi connectivity index (χ0n) is 16.5. The SMILES string of the molecule is CCC(=O)Nc1cccc(NC(=O)CNc2ccc(C(=O)N3CCCC3)cc2)c1. The highest BCUT2D eigenvalue weighted by Crippen LogP contribution is 2.17. The number of nitrogens with one attached hydrogen (secondary N) is 3. The number of hydrogen-bond donors (Lipinski definition) is 3. The molecule has 0 unspecified atom stereocenters. The molecule has 1 saturated heterocycles. The van der Waals surface area contributed by atoms with E-state index >= 15 is 0 Å². The molecule has 152 valence electrons. The molecule has 1 aliphatic heterocycles. The lowest BCUT2D eigenvalue weighted by Crippen LogP contribution is -2.27. The summed E-state index contributed by atoms with van der Waals surface area (Å²) in [4.78, 5) is 37.9. The average Bonchev–Trinajstić information content (AvgIpc) is 3.27. The number of anilines is 3. The van der Waals surface area contributed by atoms with E-state index in [9.17, 15) is 14.4 Å². The van der Waals surface area contributed by atoms with E-state index in [1.54, 1.807) is 55.5 Å². The van der Waals surface area contributed by atoms with Gasteiger partial charge in [-0.3, -0.25) is 14.4 Å². The molecular weight excluding hydrogens is 368 g/mol. The standard InChI is InChI=1S/C22H26N4O3/c1-2-20(27)24-18-6-5-7-19(14-18)25-21(28)15-23-17-10-8-16(9-11-17)22(29)26-12-3-4-13-26/h5-11,14,23H,2-4,12-13,15H2,1H3,(H,24,27)(H,25,28). The van der Waals surface area contributed by atoms with E-state index in [4.69, 9.17) is 0 Å². The Morgan fingerprint density at radius 3 is 2.10 bits per heavy atom. The van der Waals surface area contributed by atoms with Gasteiger partial charge in [-0.1, -0.05) is 13.0 Å². The molecule has 0 saturated carbocycles. The van der Waals surface area contributed by atoms with Gasteiger partial charge in [0.25, 0.3) is 5.91 Å². The van der Waals surface area contributed by atoms with E-state index < -0.39 is 0 Å². The first-order chi connectivity index (χ1) is 14.0. The van der Waals surface area contributed by atoms with Gasteiger partial charge in [0.2, 0.25) is 11.8 Å². The van der Waals surface area contributed by atoms with Gasteiger partial charge in [0.15, 0.2) is 0 Å². The molecule has 7 heteroatoms. The molecule has 7 nitrogen and oxygen atoms in total.